The Labute approximate surface area is 121 Å². The maximum Gasteiger partial charge on any atom is 0.351 e. The number of allylic oxidation sites excluding steroid dienone is 3. The van der Waals surface area contributed by atoms with Crippen LogP contribution in [0, 0.1) is 6.92 Å². The van der Waals surface area contributed by atoms with Crippen LogP contribution in [0.2, 0.25) is 0 Å². The quantitative estimate of drug-likeness (QED) is 0.531. The molecule has 4 nitrogen and oxygen atoms in total. The van der Waals surface area contributed by atoms with Crippen LogP contribution in [0.25, 0.3) is 6.08 Å². The van der Waals surface area contributed by atoms with Gasteiger partial charge in [0.2, 0.25) is 0 Å². The highest BCUT2D eigenvalue weighted by molar-refractivity contribution is 6.06. The maximum atomic E-state index is 11.9. The molecule has 21 heavy (non-hydrogen) atoms. The Hall–Kier alpha value is -2.88. The largest absolute Gasteiger partial charge is 0.507 e. The molecular formula is C17H14O4. The molecule has 2 rings (SSSR count). The number of rotatable bonds is 4. The van der Waals surface area contributed by atoms with Gasteiger partial charge in [-0.1, -0.05) is 48.6 Å². The number of aromatic hydroxyl groups is 1. The lowest BCUT2D eigenvalue weighted by Crippen LogP contribution is -2.12. The van der Waals surface area contributed by atoms with E-state index in [1.54, 1.807) is 6.08 Å². The van der Waals surface area contributed by atoms with Crippen molar-refractivity contribution in [1.29, 1.82) is 0 Å². The fraction of sp³-hybridized carbons (Fsp3) is 0.0588. The lowest BCUT2D eigenvalue weighted by atomic mass is 10.1. The van der Waals surface area contributed by atoms with Crippen LogP contribution in [0.4, 0.5) is 0 Å². The summed E-state index contributed by atoms with van der Waals surface area (Å²) in [5.41, 5.74) is -0.202. The minimum atomic E-state index is -0.839. The van der Waals surface area contributed by atoms with E-state index in [-0.39, 0.29) is 17.1 Å². The molecule has 0 radical (unpaired) electrons. The first-order valence-corrected chi connectivity index (χ1v) is 6.36. The number of ketones is 1. The Bertz CT molecular complexity index is 752. The van der Waals surface area contributed by atoms with Crippen molar-refractivity contribution in [2.75, 3.05) is 0 Å². The zero-order chi connectivity index (χ0) is 15.2. The van der Waals surface area contributed by atoms with Gasteiger partial charge in [-0.25, -0.2) is 4.79 Å². The summed E-state index contributed by atoms with van der Waals surface area (Å²) in [7, 11) is 0. The molecule has 0 spiro atoms. The second-order valence-corrected chi connectivity index (χ2v) is 4.40. The standard InChI is InChI=1S/C17H14O4/c1-12-11-15(19)16(17(20)21-12)14(18)10-6-5-9-13-7-3-2-4-8-13/h2-11,19H,1H3. The highest BCUT2D eigenvalue weighted by Gasteiger charge is 2.15. The van der Waals surface area contributed by atoms with Crippen molar-refractivity contribution in [3.63, 3.8) is 0 Å². The zero-order valence-electron chi connectivity index (χ0n) is 11.4. The van der Waals surface area contributed by atoms with Crippen LogP contribution >= 0.6 is 0 Å². The van der Waals surface area contributed by atoms with Gasteiger partial charge in [0.05, 0.1) is 0 Å². The molecule has 1 aromatic heterocycles. The average molecular weight is 282 g/mol. The van der Waals surface area contributed by atoms with Crippen molar-refractivity contribution in [2.45, 2.75) is 6.92 Å². The molecule has 0 amide bonds. The third-order valence-corrected chi connectivity index (χ3v) is 2.75. The summed E-state index contributed by atoms with van der Waals surface area (Å²) < 4.78 is 4.80. The van der Waals surface area contributed by atoms with Crippen LogP contribution in [-0.2, 0) is 0 Å². The van der Waals surface area contributed by atoms with Crippen molar-refractivity contribution >= 4 is 11.9 Å². The Balaban J connectivity index is 2.14. The first-order valence-electron chi connectivity index (χ1n) is 6.36. The smallest absolute Gasteiger partial charge is 0.351 e. The molecular weight excluding hydrogens is 268 g/mol. The number of carbonyl (C=O) groups excluding carboxylic acids is 1. The second kappa shape index (κ2) is 6.52. The summed E-state index contributed by atoms with van der Waals surface area (Å²) in [6.07, 6.45) is 6.22. The Morgan fingerprint density at radius 3 is 2.57 bits per heavy atom. The SMILES string of the molecule is Cc1cc(O)c(C(=O)C=CC=Cc2ccccc2)c(=O)o1. The fourth-order valence-electron chi connectivity index (χ4n) is 1.78. The van der Waals surface area contributed by atoms with Gasteiger partial charge in [-0.3, -0.25) is 4.79 Å². The molecule has 0 fully saturated rings. The number of hydrogen-bond acceptors (Lipinski definition) is 4. The number of carbonyl (C=O) groups is 1. The number of aryl methyl sites for hydroxylation is 1. The van der Waals surface area contributed by atoms with E-state index in [2.05, 4.69) is 0 Å². The first kappa shape index (κ1) is 14.5. The molecule has 0 unspecified atom stereocenters. The van der Waals surface area contributed by atoms with Crippen molar-refractivity contribution in [3.05, 3.63) is 81.9 Å². The molecule has 0 aliphatic heterocycles. The predicted octanol–water partition coefficient (Wildman–Crippen LogP) is 3.11. The highest BCUT2D eigenvalue weighted by atomic mass is 16.4. The first-order chi connectivity index (χ1) is 10.1. The third-order valence-electron chi connectivity index (χ3n) is 2.75. The minimum Gasteiger partial charge on any atom is -0.507 e. The molecule has 0 aliphatic carbocycles. The van der Waals surface area contributed by atoms with Crippen LogP contribution in [0.1, 0.15) is 21.7 Å². The number of benzene rings is 1. The van der Waals surface area contributed by atoms with Gasteiger partial charge < -0.3 is 9.52 Å². The van der Waals surface area contributed by atoms with E-state index in [1.165, 1.54) is 25.1 Å². The fourth-order valence-corrected chi connectivity index (χ4v) is 1.78. The predicted molar refractivity (Wildman–Crippen MR) is 80.3 cm³/mol. The van der Waals surface area contributed by atoms with E-state index in [4.69, 9.17) is 4.42 Å². The van der Waals surface area contributed by atoms with Gasteiger partial charge in [0.1, 0.15) is 17.1 Å². The molecule has 1 N–H and O–H groups in total. The van der Waals surface area contributed by atoms with E-state index in [1.807, 2.05) is 36.4 Å². The van der Waals surface area contributed by atoms with Crippen molar-refractivity contribution < 1.29 is 14.3 Å². The normalized spacial score (nSPS) is 11.3. The van der Waals surface area contributed by atoms with Crippen molar-refractivity contribution in [2.24, 2.45) is 0 Å². The van der Waals surface area contributed by atoms with Crippen molar-refractivity contribution in [3.8, 4) is 5.75 Å². The molecule has 0 saturated heterocycles. The van der Waals surface area contributed by atoms with E-state index in [9.17, 15) is 14.7 Å². The van der Waals surface area contributed by atoms with Gasteiger partial charge >= 0.3 is 5.63 Å². The van der Waals surface area contributed by atoms with E-state index in [0.29, 0.717) is 0 Å². The van der Waals surface area contributed by atoms with Crippen LogP contribution in [0.5, 0.6) is 5.75 Å². The summed E-state index contributed by atoms with van der Waals surface area (Å²) in [5, 5.41) is 9.64. The summed E-state index contributed by atoms with van der Waals surface area (Å²) >= 11 is 0. The minimum absolute atomic E-state index is 0.252. The van der Waals surface area contributed by atoms with Gasteiger partial charge in [-0.2, -0.15) is 0 Å². The molecule has 1 aromatic carbocycles. The summed E-state index contributed by atoms with van der Waals surface area (Å²) in [4.78, 5) is 23.4. The topological polar surface area (TPSA) is 67.5 Å². The highest BCUT2D eigenvalue weighted by Crippen LogP contribution is 2.15. The summed E-state index contributed by atoms with van der Waals surface area (Å²) in [6, 6.07) is 10.8. The van der Waals surface area contributed by atoms with Crippen LogP contribution in [0.3, 0.4) is 0 Å². The molecule has 0 bridgehead atoms. The Morgan fingerprint density at radius 1 is 1.19 bits per heavy atom. The Kier molecular flexibility index (Phi) is 4.51. The van der Waals surface area contributed by atoms with Gasteiger partial charge in [0.15, 0.2) is 5.78 Å². The van der Waals surface area contributed by atoms with Crippen molar-refractivity contribution in [1.82, 2.24) is 0 Å². The average Bonchev–Trinajstić information content (AvgIpc) is 2.43. The van der Waals surface area contributed by atoms with E-state index in [0.717, 1.165) is 5.56 Å². The summed E-state index contributed by atoms with van der Waals surface area (Å²) in [5.74, 6) is -0.716. The molecule has 1 heterocycles. The van der Waals surface area contributed by atoms with Gasteiger partial charge in [0, 0.05) is 6.07 Å². The van der Waals surface area contributed by atoms with Gasteiger partial charge in [-0.15, -0.1) is 0 Å². The van der Waals surface area contributed by atoms with Gasteiger partial charge in [-0.05, 0) is 18.6 Å². The lowest BCUT2D eigenvalue weighted by Gasteiger charge is -1.99. The molecule has 2 aromatic rings. The van der Waals surface area contributed by atoms with Crippen LogP contribution in [0.15, 0.2) is 63.8 Å². The monoisotopic (exact) mass is 282 g/mol. The zero-order valence-corrected chi connectivity index (χ0v) is 11.4. The molecule has 0 atom stereocenters. The van der Waals surface area contributed by atoms with E-state index >= 15 is 0 Å². The Morgan fingerprint density at radius 2 is 1.90 bits per heavy atom. The number of hydrogen-bond donors (Lipinski definition) is 1. The molecule has 106 valence electrons. The van der Waals surface area contributed by atoms with Crippen LogP contribution < -0.4 is 5.63 Å². The molecule has 0 aliphatic rings. The maximum absolute atomic E-state index is 11.9. The third kappa shape index (κ3) is 3.79. The lowest BCUT2D eigenvalue weighted by molar-refractivity contribution is 0.104. The molecule has 0 saturated carbocycles. The second-order valence-electron chi connectivity index (χ2n) is 4.40. The van der Waals surface area contributed by atoms with Gasteiger partial charge in [0.25, 0.3) is 0 Å². The van der Waals surface area contributed by atoms with Crippen LogP contribution in [-0.4, -0.2) is 10.9 Å². The molecule has 4 heteroatoms. The van der Waals surface area contributed by atoms with E-state index < -0.39 is 11.4 Å². The summed E-state index contributed by atoms with van der Waals surface area (Å²) in [6.45, 7) is 1.52.